The van der Waals surface area contributed by atoms with Crippen LogP contribution in [0.4, 0.5) is 13.2 Å². The number of rotatable bonds is 6. The molecule has 20 heavy (non-hydrogen) atoms. The first-order valence-electron chi connectivity index (χ1n) is 6.92. The number of likely N-dealkylation sites (N-methyl/N-ethyl adjacent to an activating group) is 1. The molecule has 0 aliphatic carbocycles. The third kappa shape index (κ3) is 4.49. The minimum absolute atomic E-state index is 0.275. The molecular weight excluding hydrogens is 265 g/mol. The lowest BCUT2D eigenvalue weighted by molar-refractivity contribution is -0.137. The van der Waals surface area contributed by atoms with Crippen LogP contribution in [0.25, 0.3) is 0 Å². The summed E-state index contributed by atoms with van der Waals surface area (Å²) < 4.78 is 37.5. The molecule has 0 aliphatic rings. The van der Waals surface area contributed by atoms with Gasteiger partial charge in [-0.15, -0.1) is 0 Å². The van der Waals surface area contributed by atoms with Gasteiger partial charge in [-0.3, -0.25) is 0 Å². The molecule has 1 atom stereocenters. The molecule has 5 heteroatoms. The number of hydrogen-bond acceptors (Lipinski definition) is 2. The number of nitrogens with zero attached hydrogens (tertiary/aromatic N) is 1. The van der Waals surface area contributed by atoms with Crippen LogP contribution >= 0.6 is 0 Å². The van der Waals surface area contributed by atoms with E-state index in [-0.39, 0.29) is 6.04 Å². The van der Waals surface area contributed by atoms with Crippen LogP contribution < -0.4 is 5.73 Å². The van der Waals surface area contributed by atoms with Crippen LogP contribution in [0.15, 0.2) is 24.3 Å². The number of benzene rings is 1. The predicted molar refractivity (Wildman–Crippen MR) is 75.4 cm³/mol. The quantitative estimate of drug-likeness (QED) is 0.862. The van der Waals surface area contributed by atoms with Gasteiger partial charge in [-0.2, -0.15) is 13.2 Å². The minimum Gasteiger partial charge on any atom is -0.323 e. The number of hydrogen-bond donors (Lipinski definition) is 1. The second-order valence-electron chi connectivity index (χ2n) is 5.14. The summed E-state index contributed by atoms with van der Waals surface area (Å²) in [5.74, 6) is 0. The van der Waals surface area contributed by atoms with Crippen LogP contribution in [0, 0.1) is 0 Å². The summed E-state index contributed by atoms with van der Waals surface area (Å²) in [6.45, 7) is 4.88. The van der Waals surface area contributed by atoms with E-state index in [9.17, 15) is 13.2 Å². The summed E-state index contributed by atoms with van der Waals surface area (Å²) in [5, 5.41) is 0. The first-order chi connectivity index (χ1) is 9.29. The first-order valence-corrected chi connectivity index (χ1v) is 6.92. The molecule has 0 heterocycles. The fourth-order valence-electron chi connectivity index (χ4n) is 2.40. The summed E-state index contributed by atoms with van der Waals surface area (Å²) in [7, 11) is 2.00. The zero-order valence-corrected chi connectivity index (χ0v) is 12.2. The number of alkyl halides is 3. The maximum Gasteiger partial charge on any atom is 0.416 e. The van der Waals surface area contributed by atoms with Crippen molar-refractivity contribution >= 4 is 0 Å². The third-order valence-electron chi connectivity index (χ3n) is 3.72. The summed E-state index contributed by atoms with van der Waals surface area (Å²) in [6, 6.07) is 5.29. The van der Waals surface area contributed by atoms with E-state index in [2.05, 4.69) is 18.7 Å². The molecule has 1 aromatic rings. The molecular formula is C15H23F3N2. The molecule has 1 unspecified atom stereocenters. The van der Waals surface area contributed by atoms with Crippen molar-refractivity contribution < 1.29 is 13.2 Å². The van der Waals surface area contributed by atoms with Crippen molar-refractivity contribution in [3.8, 4) is 0 Å². The van der Waals surface area contributed by atoms with Gasteiger partial charge in [0, 0.05) is 18.6 Å². The van der Waals surface area contributed by atoms with Crippen LogP contribution in [-0.2, 0) is 6.18 Å². The van der Waals surface area contributed by atoms with Gasteiger partial charge in [0.2, 0.25) is 0 Å². The average Bonchev–Trinajstić information content (AvgIpc) is 2.39. The second-order valence-corrected chi connectivity index (χ2v) is 5.14. The molecule has 1 aromatic carbocycles. The van der Waals surface area contributed by atoms with E-state index in [0.29, 0.717) is 12.6 Å². The van der Waals surface area contributed by atoms with Crippen LogP contribution in [0.5, 0.6) is 0 Å². The highest BCUT2D eigenvalue weighted by molar-refractivity contribution is 5.26. The zero-order valence-electron chi connectivity index (χ0n) is 12.2. The van der Waals surface area contributed by atoms with E-state index in [0.717, 1.165) is 30.5 Å². The Hall–Kier alpha value is -1.07. The molecule has 2 nitrogen and oxygen atoms in total. The molecule has 0 spiro atoms. The first kappa shape index (κ1) is 17.0. The lowest BCUT2D eigenvalue weighted by atomic mass is 10.0. The highest BCUT2D eigenvalue weighted by atomic mass is 19.4. The van der Waals surface area contributed by atoms with Gasteiger partial charge < -0.3 is 10.6 Å². The Morgan fingerprint density at radius 1 is 1.10 bits per heavy atom. The van der Waals surface area contributed by atoms with Crippen LogP contribution in [-0.4, -0.2) is 24.5 Å². The molecule has 114 valence electrons. The van der Waals surface area contributed by atoms with Crippen molar-refractivity contribution in [2.24, 2.45) is 5.73 Å². The largest absolute Gasteiger partial charge is 0.416 e. The average molecular weight is 288 g/mol. The smallest absolute Gasteiger partial charge is 0.323 e. The summed E-state index contributed by atoms with van der Waals surface area (Å²) in [5.41, 5.74) is 6.17. The third-order valence-corrected chi connectivity index (χ3v) is 3.72. The van der Waals surface area contributed by atoms with Gasteiger partial charge in [0.15, 0.2) is 0 Å². The van der Waals surface area contributed by atoms with E-state index in [1.165, 1.54) is 12.1 Å². The van der Waals surface area contributed by atoms with Crippen molar-refractivity contribution in [2.45, 2.75) is 44.9 Å². The van der Waals surface area contributed by atoms with Gasteiger partial charge >= 0.3 is 6.18 Å². The normalized spacial score (nSPS) is 14.1. The minimum atomic E-state index is -4.30. The van der Waals surface area contributed by atoms with Gasteiger partial charge in [-0.25, -0.2) is 0 Å². The van der Waals surface area contributed by atoms with Crippen molar-refractivity contribution in [1.29, 1.82) is 0 Å². The number of halogens is 3. The van der Waals surface area contributed by atoms with Crippen molar-refractivity contribution in [1.82, 2.24) is 4.90 Å². The molecule has 0 radical (unpaired) electrons. The molecule has 1 rings (SSSR count). The highest BCUT2D eigenvalue weighted by Crippen LogP contribution is 2.29. The Bertz CT molecular complexity index is 397. The van der Waals surface area contributed by atoms with E-state index < -0.39 is 11.7 Å². The SMILES string of the molecule is CCC(CC)N(C)CC(N)c1ccc(C(F)(F)F)cc1. The Morgan fingerprint density at radius 2 is 1.60 bits per heavy atom. The van der Waals surface area contributed by atoms with Crippen molar-refractivity contribution in [3.05, 3.63) is 35.4 Å². The highest BCUT2D eigenvalue weighted by Gasteiger charge is 2.30. The molecule has 0 bridgehead atoms. The molecule has 0 saturated carbocycles. The molecule has 0 saturated heterocycles. The summed E-state index contributed by atoms with van der Waals surface area (Å²) in [4.78, 5) is 2.17. The Labute approximate surface area is 118 Å². The van der Waals surface area contributed by atoms with Crippen LogP contribution in [0.1, 0.15) is 43.9 Å². The maximum absolute atomic E-state index is 12.5. The maximum atomic E-state index is 12.5. The van der Waals surface area contributed by atoms with Gasteiger partial charge in [0.25, 0.3) is 0 Å². The monoisotopic (exact) mass is 288 g/mol. The van der Waals surface area contributed by atoms with E-state index in [1.54, 1.807) is 0 Å². The molecule has 0 amide bonds. The van der Waals surface area contributed by atoms with Gasteiger partial charge in [0.05, 0.1) is 5.56 Å². The number of nitrogens with two attached hydrogens (primary N) is 1. The fraction of sp³-hybridized carbons (Fsp3) is 0.600. The van der Waals surface area contributed by atoms with Gasteiger partial charge in [-0.1, -0.05) is 26.0 Å². The predicted octanol–water partition coefficient (Wildman–Crippen LogP) is 3.83. The topological polar surface area (TPSA) is 29.3 Å². The van der Waals surface area contributed by atoms with E-state index >= 15 is 0 Å². The summed E-state index contributed by atoms with van der Waals surface area (Å²) >= 11 is 0. The van der Waals surface area contributed by atoms with Crippen LogP contribution in [0.2, 0.25) is 0 Å². The molecule has 2 N–H and O–H groups in total. The lowest BCUT2D eigenvalue weighted by Crippen LogP contribution is -2.36. The van der Waals surface area contributed by atoms with Crippen LogP contribution in [0.3, 0.4) is 0 Å². The van der Waals surface area contributed by atoms with Gasteiger partial charge in [-0.05, 0) is 37.6 Å². The van der Waals surface area contributed by atoms with E-state index in [4.69, 9.17) is 5.73 Å². The summed E-state index contributed by atoms with van der Waals surface area (Å²) in [6.07, 6.45) is -2.23. The standard InChI is InChI=1S/C15H23F3N2/c1-4-13(5-2)20(3)10-14(19)11-6-8-12(9-7-11)15(16,17)18/h6-9,13-14H,4-5,10,19H2,1-3H3. The molecule has 0 aliphatic heterocycles. The Balaban J connectivity index is 2.71. The molecule has 0 aromatic heterocycles. The van der Waals surface area contributed by atoms with Crippen molar-refractivity contribution in [3.63, 3.8) is 0 Å². The Kier molecular flexibility index (Phi) is 6.02. The lowest BCUT2D eigenvalue weighted by Gasteiger charge is -2.28. The van der Waals surface area contributed by atoms with E-state index in [1.807, 2.05) is 7.05 Å². The van der Waals surface area contributed by atoms with Crippen molar-refractivity contribution in [2.75, 3.05) is 13.6 Å². The fourth-order valence-corrected chi connectivity index (χ4v) is 2.40. The second kappa shape index (κ2) is 7.09. The Morgan fingerprint density at radius 3 is 2.00 bits per heavy atom. The zero-order chi connectivity index (χ0) is 15.3. The molecule has 0 fully saturated rings. The van der Waals surface area contributed by atoms with Gasteiger partial charge in [0.1, 0.15) is 0 Å².